The van der Waals surface area contributed by atoms with Gasteiger partial charge in [0.2, 0.25) is 0 Å². The number of benzene rings is 2. The van der Waals surface area contributed by atoms with Gasteiger partial charge in [-0.25, -0.2) is 0 Å². The Balaban J connectivity index is 1.97. The Hall–Kier alpha value is -2.46. The molecule has 126 valence electrons. The lowest BCUT2D eigenvalue weighted by atomic mass is 10.2. The summed E-state index contributed by atoms with van der Waals surface area (Å²) < 4.78 is 11.1. The zero-order valence-corrected chi connectivity index (χ0v) is 14.3. The lowest BCUT2D eigenvalue weighted by molar-refractivity contribution is -0.122. The maximum Gasteiger partial charge on any atom is 0.265 e. The first-order valence-corrected chi connectivity index (χ1v) is 8.07. The molecule has 0 radical (unpaired) electrons. The number of rotatable bonds is 8. The van der Waals surface area contributed by atoms with Crippen LogP contribution in [0.4, 0.5) is 5.69 Å². The quantitative estimate of drug-likeness (QED) is 0.705. The fraction of sp³-hybridized carbons (Fsp3) is 0.211. The van der Waals surface area contributed by atoms with Gasteiger partial charge >= 0.3 is 0 Å². The van der Waals surface area contributed by atoms with Gasteiger partial charge in [-0.2, -0.15) is 0 Å². The lowest BCUT2D eigenvalue weighted by Crippen LogP contribution is -2.32. The smallest absolute Gasteiger partial charge is 0.265 e. The molecule has 0 bridgehead atoms. The van der Waals surface area contributed by atoms with E-state index in [2.05, 4.69) is 11.9 Å². The minimum Gasteiger partial charge on any atom is -0.490 e. The van der Waals surface area contributed by atoms with E-state index in [0.29, 0.717) is 29.5 Å². The fourth-order valence-corrected chi connectivity index (χ4v) is 2.22. The van der Waals surface area contributed by atoms with Crippen LogP contribution in [0.2, 0.25) is 5.02 Å². The van der Waals surface area contributed by atoms with E-state index < -0.39 is 6.10 Å². The predicted octanol–water partition coefficient (Wildman–Crippen LogP) is 4.70. The Morgan fingerprint density at radius 1 is 1.25 bits per heavy atom. The first-order chi connectivity index (χ1) is 11.6. The molecule has 2 aromatic carbocycles. The van der Waals surface area contributed by atoms with Crippen LogP contribution in [0.5, 0.6) is 11.5 Å². The number of ether oxygens (including phenoxy) is 2. The maximum atomic E-state index is 12.4. The van der Waals surface area contributed by atoms with Crippen LogP contribution in [0.3, 0.4) is 0 Å². The molecule has 4 nitrogen and oxygen atoms in total. The van der Waals surface area contributed by atoms with Crippen molar-refractivity contribution >= 4 is 23.2 Å². The first-order valence-electron chi connectivity index (χ1n) is 7.69. The van der Waals surface area contributed by atoms with E-state index in [9.17, 15) is 4.79 Å². The third-order valence-corrected chi connectivity index (χ3v) is 3.46. The largest absolute Gasteiger partial charge is 0.490 e. The molecule has 0 spiro atoms. The number of carbonyl (C=O) groups is 1. The second-order valence-electron chi connectivity index (χ2n) is 5.09. The molecule has 1 atom stereocenters. The number of hydrogen-bond acceptors (Lipinski definition) is 3. The zero-order chi connectivity index (χ0) is 17.4. The van der Waals surface area contributed by atoms with Crippen molar-refractivity contribution < 1.29 is 14.3 Å². The number of amides is 1. The number of nitrogens with one attached hydrogen (secondary N) is 1. The standard InChI is InChI=1S/C19H20ClNO3/c1-3-12-23-16-10-8-15(9-11-16)21-19(22)18(4-2)24-17-7-5-6-14(20)13-17/h3,5-11,13,18H,1,4,12H2,2H3,(H,21,22)/t18-/m0/s1. The maximum absolute atomic E-state index is 12.4. The average Bonchev–Trinajstić information content (AvgIpc) is 2.59. The van der Waals surface area contributed by atoms with Crippen LogP contribution in [0.15, 0.2) is 61.2 Å². The average molecular weight is 346 g/mol. The van der Waals surface area contributed by atoms with E-state index in [-0.39, 0.29) is 5.91 Å². The second kappa shape index (κ2) is 8.99. The molecule has 0 aromatic heterocycles. The van der Waals surface area contributed by atoms with Gasteiger partial charge in [0.15, 0.2) is 6.10 Å². The third-order valence-electron chi connectivity index (χ3n) is 3.23. The molecule has 5 heteroatoms. The SMILES string of the molecule is C=CCOc1ccc(NC(=O)[C@H](CC)Oc2cccc(Cl)c2)cc1. The van der Waals surface area contributed by atoms with Crippen molar-refractivity contribution in [3.63, 3.8) is 0 Å². The van der Waals surface area contributed by atoms with Gasteiger partial charge in [-0.3, -0.25) is 4.79 Å². The molecular weight excluding hydrogens is 326 g/mol. The second-order valence-corrected chi connectivity index (χ2v) is 5.52. The van der Waals surface area contributed by atoms with Crippen LogP contribution in [0.25, 0.3) is 0 Å². The molecule has 0 aliphatic rings. The Labute approximate surface area is 147 Å². The summed E-state index contributed by atoms with van der Waals surface area (Å²) in [5.74, 6) is 1.07. The van der Waals surface area contributed by atoms with Gasteiger partial charge in [0.25, 0.3) is 5.91 Å². The van der Waals surface area contributed by atoms with Gasteiger partial charge in [0, 0.05) is 10.7 Å². The van der Waals surface area contributed by atoms with E-state index >= 15 is 0 Å². The van der Waals surface area contributed by atoms with E-state index in [1.165, 1.54) is 0 Å². The minimum atomic E-state index is -0.597. The van der Waals surface area contributed by atoms with Gasteiger partial charge in [-0.05, 0) is 48.9 Å². The van der Waals surface area contributed by atoms with E-state index in [0.717, 1.165) is 5.75 Å². The first kappa shape index (κ1) is 17.9. The molecule has 1 amide bonds. The van der Waals surface area contributed by atoms with Gasteiger partial charge in [-0.15, -0.1) is 0 Å². The van der Waals surface area contributed by atoms with Gasteiger partial charge in [0.05, 0.1) is 0 Å². The summed E-state index contributed by atoms with van der Waals surface area (Å²) in [4.78, 5) is 12.4. The molecule has 0 saturated heterocycles. The molecule has 0 aliphatic carbocycles. The summed E-state index contributed by atoms with van der Waals surface area (Å²) in [6.07, 6.45) is 1.62. The molecule has 0 saturated carbocycles. The van der Waals surface area contributed by atoms with Crippen LogP contribution in [-0.2, 0) is 4.79 Å². The van der Waals surface area contributed by atoms with Crippen molar-refractivity contribution in [2.75, 3.05) is 11.9 Å². The fourth-order valence-electron chi connectivity index (χ4n) is 2.04. The molecule has 1 N–H and O–H groups in total. The van der Waals surface area contributed by atoms with E-state index in [1.54, 1.807) is 54.6 Å². The highest BCUT2D eigenvalue weighted by atomic mass is 35.5. The summed E-state index contributed by atoms with van der Waals surface area (Å²) in [7, 11) is 0. The molecule has 2 rings (SSSR count). The molecule has 0 heterocycles. The van der Waals surface area contributed by atoms with Crippen molar-refractivity contribution in [1.82, 2.24) is 0 Å². The van der Waals surface area contributed by atoms with E-state index in [4.69, 9.17) is 21.1 Å². The lowest BCUT2D eigenvalue weighted by Gasteiger charge is -2.17. The molecule has 0 fully saturated rings. The summed E-state index contributed by atoms with van der Waals surface area (Å²) in [6.45, 7) is 5.93. The minimum absolute atomic E-state index is 0.211. The van der Waals surface area contributed by atoms with Crippen molar-refractivity contribution in [1.29, 1.82) is 0 Å². The van der Waals surface area contributed by atoms with Gasteiger partial charge in [-0.1, -0.05) is 37.2 Å². The third kappa shape index (κ3) is 5.32. The van der Waals surface area contributed by atoms with Crippen LogP contribution in [0, 0.1) is 0 Å². The van der Waals surface area contributed by atoms with Gasteiger partial charge in [0.1, 0.15) is 18.1 Å². The normalized spacial score (nSPS) is 11.4. The summed E-state index contributed by atoms with van der Waals surface area (Å²) in [5.41, 5.74) is 0.680. The molecular formula is C19H20ClNO3. The highest BCUT2D eigenvalue weighted by Gasteiger charge is 2.18. The number of anilines is 1. The number of hydrogen-bond donors (Lipinski definition) is 1. The summed E-state index contributed by atoms with van der Waals surface area (Å²) >= 11 is 5.93. The highest BCUT2D eigenvalue weighted by molar-refractivity contribution is 6.30. The molecule has 24 heavy (non-hydrogen) atoms. The number of carbonyl (C=O) groups excluding carboxylic acids is 1. The molecule has 2 aromatic rings. The Morgan fingerprint density at radius 3 is 2.62 bits per heavy atom. The molecule has 0 unspecified atom stereocenters. The summed E-state index contributed by atoms with van der Waals surface area (Å²) in [6, 6.07) is 14.1. The Morgan fingerprint density at radius 2 is 2.00 bits per heavy atom. The number of halogens is 1. The van der Waals surface area contributed by atoms with Gasteiger partial charge < -0.3 is 14.8 Å². The van der Waals surface area contributed by atoms with Crippen molar-refractivity contribution in [2.24, 2.45) is 0 Å². The van der Waals surface area contributed by atoms with Crippen molar-refractivity contribution in [3.8, 4) is 11.5 Å². The van der Waals surface area contributed by atoms with Crippen molar-refractivity contribution in [2.45, 2.75) is 19.4 Å². The molecule has 0 aliphatic heterocycles. The topological polar surface area (TPSA) is 47.6 Å². The Bertz CT molecular complexity index is 685. The Kier molecular flexibility index (Phi) is 6.70. The summed E-state index contributed by atoms with van der Waals surface area (Å²) in [5, 5.41) is 3.41. The monoisotopic (exact) mass is 345 g/mol. The van der Waals surface area contributed by atoms with Crippen LogP contribution in [-0.4, -0.2) is 18.6 Å². The zero-order valence-electron chi connectivity index (χ0n) is 13.5. The highest BCUT2D eigenvalue weighted by Crippen LogP contribution is 2.20. The van der Waals surface area contributed by atoms with Crippen LogP contribution < -0.4 is 14.8 Å². The van der Waals surface area contributed by atoms with Crippen LogP contribution in [0.1, 0.15) is 13.3 Å². The predicted molar refractivity (Wildman–Crippen MR) is 96.9 cm³/mol. The van der Waals surface area contributed by atoms with Crippen LogP contribution >= 0.6 is 11.6 Å². The van der Waals surface area contributed by atoms with Crippen molar-refractivity contribution in [3.05, 3.63) is 66.2 Å². The van der Waals surface area contributed by atoms with E-state index in [1.807, 2.05) is 6.92 Å².